The van der Waals surface area contributed by atoms with Gasteiger partial charge in [-0.2, -0.15) is 5.26 Å². The SMILES string of the molecule is N#Cc1nc(N2CCOc3ccccc3C2)ccc1N. The molecular formula is C15H14N4O. The molecule has 0 radical (unpaired) electrons. The van der Waals surface area contributed by atoms with Crippen LogP contribution in [-0.2, 0) is 6.54 Å². The zero-order valence-electron chi connectivity index (χ0n) is 10.9. The summed E-state index contributed by atoms with van der Waals surface area (Å²) in [5.74, 6) is 1.65. The minimum Gasteiger partial charge on any atom is -0.491 e. The largest absolute Gasteiger partial charge is 0.491 e. The molecule has 2 N–H and O–H groups in total. The molecule has 0 saturated carbocycles. The van der Waals surface area contributed by atoms with Crippen LogP contribution in [0.15, 0.2) is 36.4 Å². The summed E-state index contributed by atoms with van der Waals surface area (Å²) in [6, 6.07) is 13.5. The lowest BCUT2D eigenvalue weighted by molar-refractivity contribution is 0.331. The summed E-state index contributed by atoms with van der Waals surface area (Å²) in [5, 5.41) is 9.02. The van der Waals surface area contributed by atoms with Crippen LogP contribution in [-0.4, -0.2) is 18.1 Å². The Labute approximate surface area is 117 Å². The number of aromatic nitrogens is 1. The van der Waals surface area contributed by atoms with Crippen LogP contribution in [0.3, 0.4) is 0 Å². The molecule has 100 valence electrons. The second-order valence-electron chi connectivity index (χ2n) is 4.60. The van der Waals surface area contributed by atoms with Gasteiger partial charge in [-0.25, -0.2) is 4.98 Å². The predicted molar refractivity (Wildman–Crippen MR) is 76.4 cm³/mol. The highest BCUT2D eigenvalue weighted by molar-refractivity contribution is 5.56. The molecule has 0 atom stereocenters. The number of nitrogens with two attached hydrogens (primary N) is 1. The minimum atomic E-state index is 0.265. The second kappa shape index (κ2) is 5.10. The molecule has 1 aliphatic rings. The average molecular weight is 266 g/mol. The van der Waals surface area contributed by atoms with Gasteiger partial charge in [-0.15, -0.1) is 0 Å². The van der Waals surface area contributed by atoms with Gasteiger partial charge in [0.2, 0.25) is 0 Å². The number of benzene rings is 1. The van der Waals surface area contributed by atoms with Crippen LogP contribution < -0.4 is 15.4 Å². The molecule has 0 saturated heterocycles. The molecule has 20 heavy (non-hydrogen) atoms. The van der Waals surface area contributed by atoms with Gasteiger partial charge in [0.15, 0.2) is 5.69 Å². The number of para-hydroxylation sites is 1. The Bertz CT molecular complexity index is 678. The van der Waals surface area contributed by atoms with E-state index < -0.39 is 0 Å². The van der Waals surface area contributed by atoms with E-state index in [0.29, 0.717) is 18.8 Å². The fraction of sp³-hybridized carbons (Fsp3) is 0.200. The zero-order valence-corrected chi connectivity index (χ0v) is 10.9. The summed E-state index contributed by atoms with van der Waals surface area (Å²) in [6.07, 6.45) is 0. The Morgan fingerprint density at radius 3 is 2.95 bits per heavy atom. The fourth-order valence-corrected chi connectivity index (χ4v) is 2.25. The van der Waals surface area contributed by atoms with Crippen molar-refractivity contribution in [1.82, 2.24) is 4.98 Å². The maximum atomic E-state index is 9.02. The lowest BCUT2D eigenvalue weighted by atomic mass is 10.2. The van der Waals surface area contributed by atoms with E-state index in [4.69, 9.17) is 15.7 Å². The zero-order chi connectivity index (χ0) is 13.9. The Morgan fingerprint density at radius 1 is 1.25 bits per heavy atom. The van der Waals surface area contributed by atoms with Crippen LogP contribution in [0.25, 0.3) is 0 Å². The first-order valence-electron chi connectivity index (χ1n) is 6.40. The van der Waals surface area contributed by atoms with E-state index in [1.165, 1.54) is 0 Å². The van der Waals surface area contributed by atoms with Crippen molar-refractivity contribution in [1.29, 1.82) is 5.26 Å². The van der Waals surface area contributed by atoms with Crippen molar-refractivity contribution in [3.63, 3.8) is 0 Å². The van der Waals surface area contributed by atoms with Gasteiger partial charge < -0.3 is 15.4 Å². The Balaban J connectivity index is 1.94. The maximum absolute atomic E-state index is 9.02. The van der Waals surface area contributed by atoms with Gasteiger partial charge in [-0.3, -0.25) is 0 Å². The van der Waals surface area contributed by atoms with Crippen molar-refractivity contribution < 1.29 is 4.74 Å². The Kier molecular flexibility index (Phi) is 3.13. The molecule has 1 aliphatic heterocycles. The molecular weight excluding hydrogens is 252 g/mol. The molecule has 5 nitrogen and oxygen atoms in total. The van der Waals surface area contributed by atoms with Crippen LogP contribution in [0, 0.1) is 11.3 Å². The monoisotopic (exact) mass is 266 g/mol. The van der Waals surface area contributed by atoms with Gasteiger partial charge in [0.25, 0.3) is 0 Å². The minimum absolute atomic E-state index is 0.265. The number of rotatable bonds is 1. The number of nitrogens with zero attached hydrogens (tertiary/aromatic N) is 3. The molecule has 0 bridgehead atoms. The maximum Gasteiger partial charge on any atom is 0.165 e. The Morgan fingerprint density at radius 2 is 2.10 bits per heavy atom. The lowest BCUT2D eigenvalue weighted by Gasteiger charge is -2.21. The molecule has 0 unspecified atom stereocenters. The fourth-order valence-electron chi connectivity index (χ4n) is 2.25. The second-order valence-corrected chi connectivity index (χ2v) is 4.60. The van der Waals surface area contributed by atoms with E-state index >= 15 is 0 Å². The van der Waals surface area contributed by atoms with Gasteiger partial charge >= 0.3 is 0 Å². The van der Waals surface area contributed by atoms with Crippen molar-refractivity contribution in [3.8, 4) is 11.8 Å². The average Bonchev–Trinajstić information content (AvgIpc) is 2.70. The number of fused-ring (bicyclic) bond motifs is 1. The summed E-state index contributed by atoms with van der Waals surface area (Å²) >= 11 is 0. The number of pyridine rings is 1. The number of nitriles is 1. The molecule has 2 aromatic rings. The molecule has 1 aromatic heterocycles. The van der Waals surface area contributed by atoms with Gasteiger partial charge in [0.1, 0.15) is 24.2 Å². The van der Waals surface area contributed by atoms with Crippen LogP contribution in [0.4, 0.5) is 11.5 Å². The number of anilines is 2. The van der Waals surface area contributed by atoms with E-state index in [9.17, 15) is 0 Å². The van der Waals surface area contributed by atoms with Crippen molar-refractivity contribution >= 4 is 11.5 Å². The van der Waals surface area contributed by atoms with Crippen molar-refractivity contribution in [2.45, 2.75) is 6.54 Å². The molecule has 0 spiro atoms. The molecule has 2 heterocycles. The topological polar surface area (TPSA) is 75.2 Å². The standard InChI is InChI=1S/C15H14N4O/c16-9-13-12(17)5-6-15(18-13)19-7-8-20-14-4-2-1-3-11(14)10-19/h1-6H,7-8,10,17H2. The van der Waals surface area contributed by atoms with Crippen LogP contribution in [0.2, 0.25) is 0 Å². The third-order valence-corrected chi connectivity index (χ3v) is 3.29. The summed E-state index contributed by atoms with van der Waals surface area (Å²) in [4.78, 5) is 6.40. The molecule has 0 fully saturated rings. The third-order valence-electron chi connectivity index (χ3n) is 3.29. The summed E-state index contributed by atoms with van der Waals surface area (Å²) in [7, 11) is 0. The smallest absolute Gasteiger partial charge is 0.165 e. The highest BCUT2D eigenvalue weighted by Gasteiger charge is 2.17. The first-order chi connectivity index (χ1) is 9.78. The number of ether oxygens (including phenoxy) is 1. The molecule has 0 aliphatic carbocycles. The van der Waals surface area contributed by atoms with E-state index in [2.05, 4.69) is 9.88 Å². The van der Waals surface area contributed by atoms with Crippen molar-refractivity contribution in [3.05, 3.63) is 47.7 Å². The summed E-state index contributed by atoms with van der Waals surface area (Å²) < 4.78 is 5.72. The predicted octanol–water partition coefficient (Wildman–Crippen LogP) is 1.93. The number of hydrogen-bond acceptors (Lipinski definition) is 5. The Hall–Kier alpha value is -2.74. The molecule has 0 amide bonds. The van der Waals surface area contributed by atoms with Crippen molar-refractivity contribution in [2.75, 3.05) is 23.8 Å². The van der Waals surface area contributed by atoms with E-state index in [1.807, 2.05) is 36.4 Å². The van der Waals surface area contributed by atoms with Gasteiger partial charge in [-0.1, -0.05) is 18.2 Å². The summed E-state index contributed by atoms with van der Waals surface area (Å²) in [5.41, 5.74) is 7.49. The van der Waals surface area contributed by atoms with E-state index in [0.717, 1.165) is 23.7 Å². The number of hydrogen-bond donors (Lipinski definition) is 1. The lowest BCUT2D eigenvalue weighted by Crippen LogP contribution is -2.26. The highest BCUT2D eigenvalue weighted by atomic mass is 16.5. The van der Waals surface area contributed by atoms with Crippen LogP contribution in [0.1, 0.15) is 11.3 Å². The van der Waals surface area contributed by atoms with E-state index in [1.54, 1.807) is 6.07 Å². The number of nitrogen functional groups attached to an aromatic ring is 1. The van der Waals surface area contributed by atoms with E-state index in [-0.39, 0.29) is 5.69 Å². The molecule has 5 heteroatoms. The van der Waals surface area contributed by atoms with Gasteiger partial charge in [0, 0.05) is 12.1 Å². The van der Waals surface area contributed by atoms with Crippen LogP contribution in [0.5, 0.6) is 5.75 Å². The first kappa shape index (κ1) is 12.3. The highest BCUT2D eigenvalue weighted by Crippen LogP contribution is 2.25. The first-order valence-corrected chi connectivity index (χ1v) is 6.40. The van der Waals surface area contributed by atoms with Gasteiger partial charge in [-0.05, 0) is 18.2 Å². The molecule has 1 aromatic carbocycles. The quantitative estimate of drug-likeness (QED) is 0.853. The van der Waals surface area contributed by atoms with Crippen molar-refractivity contribution in [2.24, 2.45) is 0 Å². The van der Waals surface area contributed by atoms with Crippen LogP contribution >= 0.6 is 0 Å². The third kappa shape index (κ3) is 2.24. The normalized spacial score (nSPS) is 13.8. The summed E-state index contributed by atoms with van der Waals surface area (Å²) in [6.45, 7) is 2.01. The molecule has 3 rings (SSSR count). The van der Waals surface area contributed by atoms with Gasteiger partial charge in [0.05, 0.1) is 12.2 Å².